The number of rotatable bonds is 2. The van der Waals surface area contributed by atoms with E-state index in [9.17, 15) is 4.79 Å². The molecule has 2 aliphatic rings. The van der Waals surface area contributed by atoms with Crippen molar-refractivity contribution >= 4 is 23.2 Å². The number of benzene rings is 2. The third-order valence-corrected chi connectivity index (χ3v) is 5.23. The maximum absolute atomic E-state index is 13.3. The van der Waals surface area contributed by atoms with E-state index in [1.165, 1.54) is 5.56 Å². The van der Waals surface area contributed by atoms with Gasteiger partial charge in [-0.3, -0.25) is 4.79 Å². The Hall–Kier alpha value is -1.80. The first-order valence-corrected chi connectivity index (χ1v) is 8.17. The molecule has 4 rings (SSSR count). The van der Waals surface area contributed by atoms with Gasteiger partial charge in [-0.2, -0.15) is 0 Å². The molecule has 112 valence electrons. The average molecular weight is 312 g/mol. The number of halogens is 1. The lowest BCUT2D eigenvalue weighted by molar-refractivity contribution is -0.121. The van der Waals surface area contributed by atoms with Gasteiger partial charge >= 0.3 is 0 Å². The molecular weight excluding hydrogens is 294 g/mol. The fourth-order valence-corrected chi connectivity index (χ4v) is 3.75. The van der Waals surface area contributed by atoms with Gasteiger partial charge in [-0.15, -0.1) is 0 Å². The monoisotopic (exact) mass is 311 g/mol. The normalized spacial score (nSPS) is 21.5. The van der Waals surface area contributed by atoms with Gasteiger partial charge in [0.15, 0.2) is 0 Å². The molecule has 1 aliphatic heterocycles. The summed E-state index contributed by atoms with van der Waals surface area (Å²) in [5, 5.41) is 0.715. The van der Waals surface area contributed by atoms with Crippen LogP contribution in [0.1, 0.15) is 30.9 Å². The van der Waals surface area contributed by atoms with Crippen molar-refractivity contribution in [3.05, 3.63) is 64.7 Å². The van der Waals surface area contributed by atoms with Crippen molar-refractivity contribution in [3.8, 4) is 0 Å². The molecule has 1 fully saturated rings. The van der Waals surface area contributed by atoms with Gasteiger partial charge < -0.3 is 4.90 Å². The lowest BCUT2D eigenvalue weighted by Crippen LogP contribution is -2.42. The summed E-state index contributed by atoms with van der Waals surface area (Å²) >= 11 is 5.98. The topological polar surface area (TPSA) is 20.3 Å². The van der Waals surface area contributed by atoms with Crippen molar-refractivity contribution in [2.45, 2.75) is 37.6 Å². The van der Waals surface area contributed by atoms with E-state index in [1.54, 1.807) is 0 Å². The number of fused-ring (bicyclic) bond motifs is 1. The van der Waals surface area contributed by atoms with Crippen LogP contribution in [-0.4, -0.2) is 11.9 Å². The minimum Gasteiger partial charge on any atom is -0.308 e. The van der Waals surface area contributed by atoms with Gasteiger partial charge in [-0.05, 0) is 55.5 Å². The highest BCUT2D eigenvalue weighted by atomic mass is 35.5. The Kier molecular flexibility index (Phi) is 3.05. The smallest absolute Gasteiger partial charge is 0.237 e. The van der Waals surface area contributed by atoms with E-state index in [2.05, 4.69) is 19.1 Å². The van der Waals surface area contributed by atoms with E-state index < -0.39 is 0 Å². The lowest BCUT2D eigenvalue weighted by atomic mass is 9.94. The van der Waals surface area contributed by atoms with Gasteiger partial charge in [-0.1, -0.05) is 41.9 Å². The molecule has 1 saturated carbocycles. The van der Waals surface area contributed by atoms with Crippen molar-refractivity contribution in [2.24, 2.45) is 0 Å². The molecule has 0 bridgehead atoms. The van der Waals surface area contributed by atoms with Crippen LogP contribution < -0.4 is 4.90 Å². The Labute approximate surface area is 135 Å². The Bertz CT molecular complexity index is 733. The highest BCUT2D eigenvalue weighted by Crippen LogP contribution is 2.51. The summed E-state index contributed by atoms with van der Waals surface area (Å²) in [5.74, 6) is 0.243. The van der Waals surface area contributed by atoms with Crippen molar-refractivity contribution in [1.82, 2.24) is 0 Å². The molecule has 0 N–H and O–H groups in total. The minimum atomic E-state index is -0.337. The summed E-state index contributed by atoms with van der Waals surface area (Å²) in [7, 11) is 0. The van der Waals surface area contributed by atoms with Crippen LogP contribution in [0.25, 0.3) is 0 Å². The van der Waals surface area contributed by atoms with Gasteiger partial charge in [0, 0.05) is 16.8 Å². The number of carbonyl (C=O) groups is 1. The number of amides is 1. The lowest BCUT2D eigenvalue weighted by Gasteiger charge is -2.28. The van der Waals surface area contributed by atoms with Crippen LogP contribution in [-0.2, 0) is 16.6 Å². The van der Waals surface area contributed by atoms with Crippen LogP contribution in [0.4, 0.5) is 5.69 Å². The molecule has 1 heterocycles. The molecule has 2 aromatic rings. The molecule has 1 atom stereocenters. The molecule has 2 nitrogen and oxygen atoms in total. The molecule has 1 unspecified atom stereocenters. The molecule has 22 heavy (non-hydrogen) atoms. The second kappa shape index (κ2) is 4.85. The number of hydrogen-bond donors (Lipinski definition) is 0. The Morgan fingerprint density at radius 2 is 1.82 bits per heavy atom. The number of nitrogens with zero attached hydrogens (tertiary/aromatic N) is 1. The van der Waals surface area contributed by atoms with Crippen LogP contribution in [0.5, 0.6) is 0 Å². The average Bonchev–Trinajstić information content (AvgIpc) is 3.25. The van der Waals surface area contributed by atoms with Gasteiger partial charge in [-0.25, -0.2) is 0 Å². The predicted molar refractivity (Wildman–Crippen MR) is 89.5 cm³/mol. The Morgan fingerprint density at radius 3 is 2.50 bits per heavy atom. The fraction of sp³-hybridized carbons (Fsp3) is 0.316. The second-order valence-corrected chi connectivity index (χ2v) is 6.88. The van der Waals surface area contributed by atoms with Crippen LogP contribution in [0.3, 0.4) is 0 Å². The van der Waals surface area contributed by atoms with Crippen molar-refractivity contribution in [2.75, 3.05) is 4.90 Å². The van der Waals surface area contributed by atoms with E-state index in [1.807, 2.05) is 41.3 Å². The number of para-hydroxylation sites is 1. The van der Waals surface area contributed by atoms with Crippen molar-refractivity contribution in [1.29, 1.82) is 0 Å². The molecular formula is C19H18ClNO. The van der Waals surface area contributed by atoms with E-state index in [0.29, 0.717) is 5.02 Å². The number of hydrogen-bond acceptors (Lipinski definition) is 1. The van der Waals surface area contributed by atoms with E-state index in [4.69, 9.17) is 11.6 Å². The SMILES string of the molecule is CC1Cc2ccccc2N1C(=O)C1(c2ccc(Cl)cc2)CC1. The quantitative estimate of drug-likeness (QED) is 0.807. The van der Waals surface area contributed by atoms with Gasteiger partial charge in [0.05, 0.1) is 5.41 Å². The third-order valence-electron chi connectivity index (χ3n) is 4.98. The first kappa shape index (κ1) is 13.8. The number of carbonyl (C=O) groups excluding carboxylic acids is 1. The summed E-state index contributed by atoms with van der Waals surface area (Å²) in [5.41, 5.74) is 3.12. The van der Waals surface area contributed by atoms with E-state index in [0.717, 1.165) is 30.5 Å². The predicted octanol–water partition coefficient (Wildman–Crippen LogP) is 4.35. The largest absolute Gasteiger partial charge is 0.308 e. The summed E-state index contributed by atoms with van der Waals surface area (Å²) in [6.45, 7) is 2.13. The molecule has 0 saturated heterocycles. The maximum atomic E-state index is 13.3. The van der Waals surface area contributed by atoms with E-state index in [-0.39, 0.29) is 17.4 Å². The zero-order valence-corrected chi connectivity index (χ0v) is 13.3. The minimum absolute atomic E-state index is 0.231. The zero-order valence-electron chi connectivity index (χ0n) is 12.6. The first-order valence-electron chi connectivity index (χ1n) is 7.79. The standard InChI is InChI=1S/C19H18ClNO/c1-13-12-14-4-2-3-5-17(14)21(13)18(22)19(10-11-19)15-6-8-16(20)9-7-15/h2-9,13H,10-12H2,1H3. The molecule has 1 aliphatic carbocycles. The van der Waals surface area contributed by atoms with E-state index >= 15 is 0 Å². The van der Waals surface area contributed by atoms with Crippen LogP contribution in [0, 0.1) is 0 Å². The molecule has 0 radical (unpaired) electrons. The van der Waals surface area contributed by atoms with Gasteiger partial charge in [0.1, 0.15) is 0 Å². The highest BCUT2D eigenvalue weighted by Gasteiger charge is 2.54. The summed E-state index contributed by atoms with van der Waals surface area (Å²) in [6.07, 6.45) is 2.80. The highest BCUT2D eigenvalue weighted by molar-refractivity contribution is 6.30. The van der Waals surface area contributed by atoms with Crippen LogP contribution in [0.15, 0.2) is 48.5 Å². The molecule has 0 aromatic heterocycles. The summed E-state index contributed by atoms with van der Waals surface area (Å²) in [6, 6.07) is 16.2. The Balaban J connectivity index is 1.71. The summed E-state index contributed by atoms with van der Waals surface area (Å²) < 4.78 is 0. The van der Waals surface area contributed by atoms with Gasteiger partial charge in [0.2, 0.25) is 5.91 Å². The van der Waals surface area contributed by atoms with Crippen LogP contribution >= 0.6 is 11.6 Å². The maximum Gasteiger partial charge on any atom is 0.237 e. The Morgan fingerprint density at radius 1 is 1.14 bits per heavy atom. The molecule has 0 spiro atoms. The number of anilines is 1. The zero-order chi connectivity index (χ0) is 15.3. The molecule has 1 amide bonds. The second-order valence-electron chi connectivity index (χ2n) is 6.45. The van der Waals surface area contributed by atoms with Gasteiger partial charge in [0.25, 0.3) is 0 Å². The van der Waals surface area contributed by atoms with Crippen LogP contribution in [0.2, 0.25) is 5.02 Å². The molecule has 2 aromatic carbocycles. The third kappa shape index (κ3) is 1.98. The fourth-order valence-electron chi connectivity index (χ4n) is 3.63. The van der Waals surface area contributed by atoms with Crippen molar-refractivity contribution < 1.29 is 4.79 Å². The summed E-state index contributed by atoms with van der Waals surface area (Å²) in [4.78, 5) is 15.3. The molecule has 3 heteroatoms. The first-order chi connectivity index (χ1) is 10.6. The van der Waals surface area contributed by atoms with Crippen molar-refractivity contribution in [3.63, 3.8) is 0 Å².